The van der Waals surface area contributed by atoms with Gasteiger partial charge < -0.3 is 34.5 Å². The van der Waals surface area contributed by atoms with Crippen molar-refractivity contribution in [1.82, 2.24) is 9.80 Å². The van der Waals surface area contributed by atoms with Crippen LogP contribution in [-0.4, -0.2) is 73.6 Å². The van der Waals surface area contributed by atoms with Gasteiger partial charge in [0.1, 0.15) is 0 Å². The predicted octanol–water partition coefficient (Wildman–Crippen LogP) is 7.39. The summed E-state index contributed by atoms with van der Waals surface area (Å²) in [5.41, 5.74) is 14.0. The Balaban J connectivity index is 0.915. The molecule has 0 saturated heterocycles. The van der Waals surface area contributed by atoms with E-state index in [1.807, 2.05) is 42.9 Å². The molecule has 4 heterocycles. The normalized spacial score (nSPS) is 18.3. The van der Waals surface area contributed by atoms with E-state index in [0.29, 0.717) is 83.7 Å². The molecule has 0 bridgehead atoms. The molecule has 11 heteroatoms. The summed E-state index contributed by atoms with van der Waals surface area (Å²) in [5.74, 6) is 1.54. The van der Waals surface area contributed by atoms with Gasteiger partial charge in [-0.25, -0.2) is 0 Å². The second-order valence-corrected chi connectivity index (χ2v) is 13.4. The summed E-state index contributed by atoms with van der Waals surface area (Å²) in [5, 5.41) is 0. The molecule has 0 saturated carbocycles. The van der Waals surface area contributed by atoms with E-state index < -0.39 is 0 Å². The van der Waals surface area contributed by atoms with E-state index >= 15 is 0 Å². The van der Waals surface area contributed by atoms with Crippen LogP contribution in [0.4, 0.5) is 17.1 Å². The van der Waals surface area contributed by atoms with Crippen molar-refractivity contribution in [3.05, 3.63) is 113 Å². The number of amides is 2. The number of fused-ring (bicyclic) bond motifs is 4. The summed E-state index contributed by atoms with van der Waals surface area (Å²) in [4.78, 5) is 40.3. The Kier molecular flexibility index (Phi) is 8.91. The molecule has 0 spiro atoms. The van der Waals surface area contributed by atoms with E-state index in [-0.39, 0.29) is 23.9 Å². The van der Waals surface area contributed by atoms with Crippen molar-refractivity contribution in [2.45, 2.75) is 38.3 Å². The Hall–Kier alpha value is -6.36. The zero-order chi connectivity index (χ0) is 36.6. The second kappa shape index (κ2) is 14.0. The summed E-state index contributed by atoms with van der Waals surface area (Å²) in [7, 11) is 3.09. The van der Waals surface area contributed by atoms with Crippen LogP contribution in [0.2, 0.25) is 0 Å². The van der Waals surface area contributed by atoms with E-state index in [9.17, 15) is 9.59 Å². The SMILES string of the molecule is COc1cc2c(cc1OCCCOc1cc3c(cc1OC)C(=O)N1C=C(c4cccc(N)c4)C[C@H]1C=N3)N=C[C@@H]1CC(c3ccc(C)cc3)=CN1C2=O. The standard InChI is InChI=1S/C42H39N5O6/c1-25-8-10-26(11-9-25)28-15-31-21-44-35-19-39(37(50-2)17-33(35)41(48)46(31)23-28)52-12-5-13-53-40-20-36-34(18-38(40)51-3)42(49)47-24-29(16-32(47)22-45-36)27-6-4-7-30(43)14-27/h4,6-11,14,17-24,31-32H,5,12-13,15-16,43H2,1-3H3/t31-,32-/m0/s1. The van der Waals surface area contributed by atoms with E-state index in [2.05, 4.69) is 36.2 Å². The highest BCUT2D eigenvalue weighted by atomic mass is 16.5. The number of nitrogens with two attached hydrogens (primary N) is 1. The summed E-state index contributed by atoms with van der Waals surface area (Å²) in [6, 6.07) is 22.5. The van der Waals surface area contributed by atoms with Gasteiger partial charge in [0.25, 0.3) is 11.8 Å². The minimum atomic E-state index is -0.210. The summed E-state index contributed by atoms with van der Waals surface area (Å²) in [6.45, 7) is 2.68. The van der Waals surface area contributed by atoms with Gasteiger partial charge in [0.15, 0.2) is 23.0 Å². The van der Waals surface area contributed by atoms with Crippen LogP contribution in [0.15, 0.2) is 95.2 Å². The average molecular weight is 710 g/mol. The molecular formula is C42H39N5O6. The lowest BCUT2D eigenvalue weighted by molar-refractivity contribution is 0.0809. The predicted molar refractivity (Wildman–Crippen MR) is 205 cm³/mol. The van der Waals surface area contributed by atoms with Gasteiger partial charge in [0.05, 0.1) is 62.0 Å². The molecule has 4 aliphatic rings. The number of nitrogen functional groups attached to an aromatic ring is 1. The lowest BCUT2D eigenvalue weighted by atomic mass is 10.0. The first-order chi connectivity index (χ1) is 25.8. The van der Waals surface area contributed by atoms with Gasteiger partial charge in [-0.3, -0.25) is 19.6 Å². The third-order valence-corrected chi connectivity index (χ3v) is 9.91. The number of rotatable bonds is 10. The van der Waals surface area contributed by atoms with E-state index in [1.54, 1.807) is 54.5 Å². The van der Waals surface area contributed by atoms with Gasteiger partial charge in [-0.15, -0.1) is 0 Å². The Bertz CT molecular complexity index is 2240. The van der Waals surface area contributed by atoms with Crippen molar-refractivity contribution >= 4 is 52.5 Å². The number of methoxy groups -OCH3 is 2. The number of ether oxygens (including phenoxy) is 4. The molecule has 0 aromatic heterocycles. The third kappa shape index (κ3) is 6.50. The van der Waals surface area contributed by atoms with Crippen LogP contribution >= 0.6 is 0 Å². The molecule has 268 valence electrons. The second-order valence-electron chi connectivity index (χ2n) is 13.4. The quantitative estimate of drug-likeness (QED) is 0.134. The number of hydrogen-bond donors (Lipinski definition) is 1. The lowest BCUT2D eigenvalue weighted by Gasteiger charge is -2.19. The fraction of sp³-hybridized carbons (Fsp3) is 0.238. The van der Waals surface area contributed by atoms with Crippen molar-refractivity contribution in [3.8, 4) is 23.0 Å². The van der Waals surface area contributed by atoms with Crippen LogP contribution in [-0.2, 0) is 0 Å². The smallest absolute Gasteiger partial charge is 0.260 e. The van der Waals surface area contributed by atoms with Crippen LogP contribution < -0.4 is 24.7 Å². The number of benzene rings is 4. The van der Waals surface area contributed by atoms with E-state index in [0.717, 1.165) is 22.3 Å². The molecule has 4 aromatic carbocycles. The monoisotopic (exact) mass is 709 g/mol. The Morgan fingerprint density at radius 3 is 1.72 bits per heavy atom. The zero-order valence-corrected chi connectivity index (χ0v) is 29.7. The van der Waals surface area contributed by atoms with Crippen LogP contribution in [0.1, 0.15) is 56.7 Å². The highest BCUT2D eigenvalue weighted by Gasteiger charge is 2.35. The van der Waals surface area contributed by atoms with Crippen molar-refractivity contribution < 1.29 is 28.5 Å². The van der Waals surface area contributed by atoms with Gasteiger partial charge in [0.2, 0.25) is 0 Å². The molecule has 2 atom stereocenters. The maximum Gasteiger partial charge on any atom is 0.260 e. The van der Waals surface area contributed by atoms with Crippen LogP contribution in [0.3, 0.4) is 0 Å². The molecule has 4 aromatic rings. The molecule has 53 heavy (non-hydrogen) atoms. The fourth-order valence-electron chi connectivity index (χ4n) is 7.07. The maximum atomic E-state index is 13.7. The first-order valence-corrected chi connectivity index (χ1v) is 17.6. The third-order valence-electron chi connectivity index (χ3n) is 9.91. The summed E-state index contributed by atoms with van der Waals surface area (Å²) >= 11 is 0. The van der Waals surface area contributed by atoms with Crippen LogP contribution in [0.5, 0.6) is 23.0 Å². The molecule has 8 rings (SSSR count). The minimum Gasteiger partial charge on any atom is -0.493 e. The van der Waals surface area contributed by atoms with Crippen molar-refractivity contribution in [3.63, 3.8) is 0 Å². The summed E-state index contributed by atoms with van der Waals surface area (Å²) in [6.07, 6.45) is 9.29. The first-order valence-electron chi connectivity index (χ1n) is 17.6. The molecule has 0 aliphatic carbocycles. The molecule has 0 fully saturated rings. The number of aryl methyl sites for hydroxylation is 1. The number of nitrogens with zero attached hydrogens (tertiary/aromatic N) is 4. The number of anilines is 1. The molecule has 0 radical (unpaired) electrons. The molecule has 4 aliphatic heterocycles. The van der Waals surface area contributed by atoms with Crippen molar-refractivity contribution in [2.24, 2.45) is 9.98 Å². The Labute approximate surface area is 307 Å². The molecule has 2 N–H and O–H groups in total. The van der Waals surface area contributed by atoms with E-state index in [1.165, 1.54) is 5.56 Å². The Morgan fingerprint density at radius 2 is 1.21 bits per heavy atom. The van der Waals surface area contributed by atoms with Gasteiger partial charge in [-0.2, -0.15) is 0 Å². The highest BCUT2D eigenvalue weighted by Crippen LogP contribution is 2.42. The number of aliphatic imine (C=N–C) groups is 2. The lowest BCUT2D eigenvalue weighted by Crippen LogP contribution is -2.32. The fourth-order valence-corrected chi connectivity index (χ4v) is 7.07. The zero-order valence-electron chi connectivity index (χ0n) is 29.7. The van der Waals surface area contributed by atoms with Gasteiger partial charge >= 0.3 is 0 Å². The van der Waals surface area contributed by atoms with Gasteiger partial charge in [-0.05, 0) is 53.5 Å². The molecule has 11 nitrogen and oxygen atoms in total. The largest absolute Gasteiger partial charge is 0.493 e. The topological polar surface area (TPSA) is 128 Å². The average Bonchev–Trinajstić information content (AvgIpc) is 3.75. The van der Waals surface area contributed by atoms with E-state index in [4.69, 9.17) is 29.7 Å². The van der Waals surface area contributed by atoms with Crippen molar-refractivity contribution in [1.29, 1.82) is 0 Å². The molecular weight excluding hydrogens is 670 g/mol. The Morgan fingerprint density at radius 1 is 0.679 bits per heavy atom. The maximum absolute atomic E-state index is 13.7. The number of carbonyl (C=O) groups is 2. The minimum absolute atomic E-state index is 0.136. The molecule has 2 amide bonds. The highest BCUT2D eigenvalue weighted by molar-refractivity contribution is 6.06. The first kappa shape index (κ1) is 33.8. The number of hydrogen-bond acceptors (Lipinski definition) is 9. The van der Waals surface area contributed by atoms with Crippen LogP contribution in [0.25, 0.3) is 11.1 Å². The van der Waals surface area contributed by atoms with Crippen LogP contribution in [0, 0.1) is 6.92 Å². The summed E-state index contributed by atoms with van der Waals surface area (Å²) < 4.78 is 23.5. The van der Waals surface area contributed by atoms with Gasteiger partial charge in [-0.1, -0.05) is 42.0 Å². The van der Waals surface area contributed by atoms with Crippen molar-refractivity contribution in [2.75, 3.05) is 33.2 Å². The van der Waals surface area contributed by atoms with Gasteiger partial charge in [0, 0.05) is 61.9 Å². The number of carbonyl (C=O) groups excluding carboxylic acids is 2. The molecule has 0 unspecified atom stereocenters.